The second-order valence-electron chi connectivity index (χ2n) is 3.59. The first-order valence-corrected chi connectivity index (χ1v) is 4.95. The average molecular weight is 239 g/mol. The van der Waals surface area contributed by atoms with E-state index in [4.69, 9.17) is 0 Å². The van der Waals surface area contributed by atoms with Crippen molar-refractivity contribution in [3.05, 3.63) is 39.4 Å². The number of hydrogen-bond donors (Lipinski definition) is 1. The molecule has 0 unspecified atom stereocenters. The molecule has 0 heterocycles. The van der Waals surface area contributed by atoms with Crippen LogP contribution in [0, 0.1) is 17.0 Å². The summed E-state index contributed by atoms with van der Waals surface area (Å²) in [5, 5.41) is 20.4. The number of aliphatic hydroxyl groups excluding tert-OH is 1. The molecule has 0 aliphatic carbocycles. The van der Waals surface area contributed by atoms with Crippen molar-refractivity contribution in [2.24, 2.45) is 0 Å². The van der Waals surface area contributed by atoms with Crippen molar-refractivity contribution in [3.8, 4) is 0 Å². The molecule has 0 aliphatic heterocycles. The zero-order chi connectivity index (χ0) is 13.0. The molecule has 0 saturated heterocycles. The summed E-state index contributed by atoms with van der Waals surface area (Å²) in [5.74, 6) is -0.566. The zero-order valence-electron chi connectivity index (χ0n) is 9.54. The number of non-ortho nitro benzene ring substituents is 1. The average Bonchev–Trinajstić information content (AvgIpc) is 2.28. The quantitative estimate of drug-likeness (QED) is 0.488. The van der Waals surface area contributed by atoms with E-state index in [1.54, 1.807) is 6.92 Å². The van der Waals surface area contributed by atoms with E-state index in [0.29, 0.717) is 11.1 Å². The molecule has 0 spiro atoms. The number of carbonyl (C=O) groups is 1. The van der Waals surface area contributed by atoms with Gasteiger partial charge in [-0.2, -0.15) is 0 Å². The van der Waals surface area contributed by atoms with Crippen molar-refractivity contribution < 1.29 is 19.6 Å². The van der Waals surface area contributed by atoms with Crippen LogP contribution in [0.4, 0.5) is 5.69 Å². The molecule has 0 aromatic heterocycles. The summed E-state index contributed by atoms with van der Waals surface area (Å²) < 4.78 is 4.43. The van der Waals surface area contributed by atoms with Gasteiger partial charge in [0.05, 0.1) is 24.6 Å². The summed E-state index contributed by atoms with van der Waals surface area (Å²) in [4.78, 5) is 21.1. The zero-order valence-corrected chi connectivity index (χ0v) is 9.54. The molecule has 1 aromatic rings. The van der Waals surface area contributed by atoms with Crippen LogP contribution in [0.3, 0.4) is 0 Å². The Labute approximate surface area is 98.0 Å². The van der Waals surface area contributed by atoms with E-state index >= 15 is 0 Å². The molecule has 1 aromatic carbocycles. The van der Waals surface area contributed by atoms with E-state index in [1.807, 2.05) is 0 Å². The minimum Gasteiger partial charge on any atom is -0.469 e. The molecule has 92 valence electrons. The molecule has 0 radical (unpaired) electrons. The Hall–Kier alpha value is -1.95. The van der Waals surface area contributed by atoms with Gasteiger partial charge in [-0.1, -0.05) is 6.07 Å². The van der Waals surface area contributed by atoms with Crippen LogP contribution in [0.25, 0.3) is 0 Å². The second-order valence-corrected chi connectivity index (χ2v) is 3.59. The molecule has 0 amide bonds. The molecule has 0 bridgehead atoms. The molecule has 0 fully saturated rings. The van der Waals surface area contributed by atoms with E-state index in [9.17, 15) is 20.0 Å². The number of esters is 1. The maximum Gasteiger partial charge on any atom is 0.308 e. The van der Waals surface area contributed by atoms with Crippen LogP contribution in [0.2, 0.25) is 0 Å². The molecule has 6 heteroatoms. The second kappa shape index (κ2) is 5.40. The third-order valence-corrected chi connectivity index (χ3v) is 2.42. The van der Waals surface area contributed by atoms with Gasteiger partial charge in [0, 0.05) is 12.1 Å². The smallest absolute Gasteiger partial charge is 0.308 e. The lowest BCUT2D eigenvalue weighted by molar-refractivity contribution is -0.385. The lowest BCUT2D eigenvalue weighted by Crippen LogP contribution is -2.09. The van der Waals surface area contributed by atoms with Crippen molar-refractivity contribution in [3.63, 3.8) is 0 Å². The minimum absolute atomic E-state index is 0.116. The van der Waals surface area contributed by atoms with Crippen LogP contribution in [-0.4, -0.2) is 23.1 Å². The third kappa shape index (κ3) is 3.25. The Morgan fingerprint density at radius 2 is 2.24 bits per heavy atom. The van der Waals surface area contributed by atoms with Crippen molar-refractivity contribution in [1.82, 2.24) is 0 Å². The Morgan fingerprint density at radius 3 is 2.76 bits per heavy atom. The highest BCUT2D eigenvalue weighted by atomic mass is 16.6. The van der Waals surface area contributed by atoms with Crippen molar-refractivity contribution in [2.75, 3.05) is 7.11 Å². The highest BCUT2D eigenvalue weighted by Crippen LogP contribution is 2.25. The Balaban J connectivity index is 2.99. The number of carbonyl (C=O) groups excluding carboxylic acids is 1. The topological polar surface area (TPSA) is 89.7 Å². The third-order valence-electron chi connectivity index (χ3n) is 2.42. The number of nitro groups is 1. The number of aliphatic hydroxyl groups is 1. The van der Waals surface area contributed by atoms with Crippen LogP contribution in [0.15, 0.2) is 18.2 Å². The minimum atomic E-state index is -1.10. The van der Waals surface area contributed by atoms with Gasteiger partial charge in [0.15, 0.2) is 0 Å². The fourth-order valence-electron chi connectivity index (χ4n) is 1.45. The van der Waals surface area contributed by atoms with Gasteiger partial charge in [-0.25, -0.2) is 0 Å². The fourth-order valence-corrected chi connectivity index (χ4v) is 1.45. The number of hydrogen-bond acceptors (Lipinski definition) is 5. The molecule has 0 aliphatic rings. The summed E-state index contributed by atoms with van der Waals surface area (Å²) in [6.07, 6.45) is -1.32. The van der Waals surface area contributed by atoms with Crippen molar-refractivity contribution >= 4 is 11.7 Å². The molecule has 0 saturated carbocycles. The summed E-state index contributed by atoms with van der Waals surface area (Å²) in [6.45, 7) is 1.71. The maximum atomic E-state index is 11.0. The fraction of sp³-hybridized carbons (Fsp3) is 0.364. The molecular formula is C11H13NO5. The number of benzene rings is 1. The van der Waals surface area contributed by atoms with E-state index in [-0.39, 0.29) is 12.1 Å². The van der Waals surface area contributed by atoms with Gasteiger partial charge in [-0.05, 0) is 18.1 Å². The highest BCUT2D eigenvalue weighted by Gasteiger charge is 2.18. The summed E-state index contributed by atoms with van der Waals surface area (Å²) >= 11 is 0. The first-order chi connectivity index (χ1) is 7.95. The number of methoxy groups -OCH3 is 1. The number of nitrogens with zero attached hydrogens (tertiary/aromatic N) is 1. The van der Waals surface area contributed by atoms with Gasteiger partial charge >= 0.3 is 5.97 Å². The van der Waals surface area contributed by atoms with E-state index in [2.05, 4.69) is 4.74 Å². The molecule has 17 heavy (non-hydrogen) atoms. The summed E-state index contributed by atoms with van der Waals surface area (Å²) in [7, 11) is 1.22. The van der Waals surface area contributed by atoms with E-state index < -0.39 is 17.0 Å². The van der Waals surface area contributed by atoms with Crippen molar-refractivity contribution in [2.45, 2.75) is 19.4 Å². The maximum absolute atomic E-state index is 11.0. The standard InChI is InChI=1S/C11H13NO5/c1-7-3-4-8(12(15)16)5-9(7)10(13)6-11(14)17-2/h3-5,10,13H,6H2,1-2H3/t10-/m1/s1. The van der Waals surface area contributed by atoms with Crippen LogP contribution < -0.4 is 0 Å². The molecule has 6 nitrogen and oxygen atoms in total. The molecule has 1 N–H and O–H groups in total. The van der Waals surface area contributed by atoms with Gasteiger partial charge in [-0.15, -0.1) is 0 Å². The molecule has 1 atom stereocenters. The summed E-state index contributed by atoms with van der Waals surface area (Å²) in [6, 6.07) is 4.15. The van der Waals surface area contributed by atoms with Gasteiger partial charge in [0.2, 0.25) is 0 Å². The molecule has 1 rings (SSSR count). The monoisotopic (exact) mass is 239 g/mol. The predicted molar refractivity (Wildman–Crippen MR) is 59.4 cm³/mol. The summed E-state index contributed by atoms with van der Waals surface area (Å²) in [5.41, 5.74) is 0.936. The van der Waals surface area contributed by atoms with Gasteiger partial charge in [0.25, 0.3) is 5.69 Å². The predicted octanol–water partition coefficient (Wildman–Crippen LogP) is 1.50. The number of aryl methyl sites for hydroxylation is 1. The van der Waals surface area contributed by atoms with E-state index in [0.717, 1.165) is 0 Å². The Bertz CT molecular complexity index is 443. The van der Waals surface area contributed by atoms with Gasteiger partial charge in [0.1, 0.15) is 0 Å². The SMILES string of the molecule is COC(=O)C[C@@H](O)c1cc([N+](=O)[O-])ccc1C. The number of nitro benzene ring substituents is 1. The first-order valence-electron chi connectivity index (χ1n) is 4.95. The lowest BCUT2D eigenvalue weighted by atomic mass is 10.0. The number of ether oxygens (including phenoxy) is 1. The van der Waals surface area contributed by atoms with Gasteiger partial charge in [-0.3, -0.25) is 14.9 Å². The Kier molecular flexibility index (Phi) is 4.17. The normalized spacial score (nSPS) is 11.9. The number of rotatable bonds is 4. The highest BCUT2D eigenvalue weighted by molar-refractivity contribution is 5.70. The van der Waals surface area contributed by atoms with Crippen LogP contribution in [0.1, 0.15) is 23.7 Å². The van der Waals surface area contributed by atoms with Gasteiger partial charge < -0.3 is 9.84 Å². The Morgan fingerprint density at radius 1 is 1.59 bits per heavy atom. The molecular weight excluding hydrogens is 226 g/mol. The van der Waals surface area contributed by atoms with Crippen molar-refractivity contribution in [1.29, 1.82) is 0 Å². The van der Waals surface area contributed by atoms with Crippen LogP contribution in [-0.2, 0) is 9.53 Å². The largest absolute Gasteiger partial charge is 0.469 e. The first kappa shape index (κ1) is 13.1. The van der Waals surface area contributed by atoms with Crippen LogP contribution in [0.5, 0.6) is 0 Å². The van der Waals surface area contributed by atoms with Crippen LogP contribution >= 0.6 is 0 Å². The van der Waals surface area contributed by atoms with E-state index in [1.165, 1.54) is 25.3 Å². The lowest BCUT2D eigenvalue weighted by Gasteiger charge is -2.12.